The van der Waals surface area contributed by atoms with E-state index < -0.39 is 0 Å². The summed E-state index contributed by atoms with van der Waals surface area (Å²) in [5.41, 5.74) is 8.32. The molecular weight excluding hydrogens is 244 g/mol. The third-order valence-corrected chi connectivity index (χ3v) is 3.72. The Labute approximate surface area is 111 Å². The number of hydrogen-bond donors (Lipinski definition) is 2. The lowest BCUT2D eigenvalue weighted by Gasteiger charge is -2.16. The quantitative estimate of drug-likeness (QED) is 0.656. The van der Waals surface area contributed by atoms with Crippen molar-refractivity contribution < 1.29 is 0 Å². The second-order valence-corrected chi connectivity index (χ2v) is 4.83. The molecule has 3 N–H and O–H groups in total. The van der Waals surface area contributed by atoms with Crippen molar-refractivity contribution in [2.24, 2.45) is 5.73 Å². The standard InChI is InChI=1S/C13H16N4S/c1-3-10-8-18-13(16-10)17(2)11-6-4-9(5-7-11)12(14)15/h4-8H,3H2,1-2H3,(H3,14,15). The number of anilines is 2. The van der Waals surface area contributed by atoms with Gasteiger partial charge in [0.15, 0.2) is 5.13 Å². The number of aryl methyl sites for hydroxylation is 1. The van der Waals surface area contributed by atoms with Crippen LogP contribution >= 0.6 is 11.3 Å². The molecule has 1 aromatic carbocycles. The van der Waals surface area contributed by atoms with Gasteiger partial charge in [0.1, 0.15) is 5.84 Å². The molecule has 0 saturated heterocycles. The van der Waals surface area contributed by atoms with Crippen LogP contribution in [0.3, 0.4) is 0 Å². The van der Waals surface area contributed by atoms with Crippen molar-refractivity contribution in [3.8, 4) is 0 Å². The SMILES string of the molecule is CCc1csc(N(C)c2ccc(C(=N)N)cc2)n1. The summed E-state index contributed by atoms with van der Waals surface area (Å²) in [7, 11) is 1.99. The second kappa shape index (κ2) is 5.18. The molecule has 0 fully saturated rings. The predicted molar refractivity (Wildman–Crippen MR) is 77.0 cm³/mol. The van der Waals surface area contributed by atoms with Gasteiger partial charge in [-0.1, -0.05) is 6.92 Å². The van der Waals surface area contributed by atoms with Crippen LogP contribution in [0.4, 0.5) is 10.8 Å². The molecule has 0 aliphatic heterocycles. The highest BCUT2D eigenvalue weighted by atomic mass is 32.1. The number of benzene rings is 1. The van der Waals surface area contributed by atoms with Gasteiger partial charge in [0.25, 0.3) is 0 Å². The Bertz CT molecular complexity index is 544. The minimum absolute atomic E-state index is 0.0896. The van der Waals surface area contributed by atoms with Gasteiger partial charge in [-0.05, 0) is 30.7 Å². The van der Waals surface area contributed by atoms with E-state index in [0.717, 1.165) is 28.5 Å². The molecule has 0 bridgehead atoms. The molecule has 2 aromatic rings. The van der Waals surface area contributed by atoms with Crippen molar-refractivity contribution in [1.82, 2.24) is 4.98 Å². The van der Waals surface area contributed by atoms with E-state index in [1.54, 1.807) is 11.3 Å². The monoisotopic (exact) mass is 260 g/mol. The molecular formula is C13H16N4S. The number of hydrogen-bond acceptors (Lipinski definition) is 4. The van der Waals surface area contributed by atoms with Crippen molar-refractivity contribution in [3.63, 3.8) is 0 Å². The summed E-state index contributed by atoms with van der Waals surface area (Å²) in [5, 5.41) is 10.4. The lowest BCUT2D eigenvalue weighted by Crippen LogP contribution is -2.12. The molecule has 18 heavy (non-hydrogen) atoms. The highest BCUT2D eigenvalue weighted by Gasteiger charge is 2.08. The zero-order valence-corrected chi connectivity index (χ0v) is 11.3. The van der Waals surface area contributed by atoms with E-state index in [9.17, 15) is 0 Å². The summed E-state index contributed by atoms with van der Waals surface area (Å²) < 4.78 is 0. The highest BCUT2D eigenvalue weighted by Crippen LogP contribution is 2.27. The maximum absolute atomic E-state index is 7.36. The van der Waals surface area contributed by atoms with Crippen LogP contribution < -0.4 is 10.6 Å². The number of nitrogens with one attached hydrogen (secondary N) is 1. The zero-order chi connectivity index (χ0) is 13.1. The molecule has 1 heterocycles. The van der Waals surface area contributed by atoms with E-state index in [1.165, 1.54) is 0 Å². The minimum atomic E-state index is 0.0896. The van der Waals surface area contributed by atoms with Crippen molar-refractivity contribution in [1.29, 1.82) is 5.41 Å². The first-order valence-corrected chi connectivity index (χ1v) is 6.62. The topological polar surface area (TPSA) is 66.0 Å². The summed E-state index contributed by atoms with van der Waals surface area (Å²) in [4.78, 5) is 6.58. The van der Waals surface area contributed by atoms with Crippen LogP contribution in [0.5, 0.6) is 0 Å². The maximum Gasteiger partial charge on any atom is 0.189 e. The van der Waals surface area contributed by atoms with Crippen LogP contribution in [-0.4, -0.2) is 17.9 Å². The van der Waals surface area contributed by atoms with Crippen molar-refractivity contribution >= 4 is 28.0 Å². The first-order valence-electron chi connectivity index (χ1n) is 5.74. The predicted octanol–water partition coefficient (Wildman–Crippen LogP) is 2.76. The maximum atomic E-state index is 7.36. The van der Waals surface area contributed by atoms with E-state index in [0.29, 0.717) is 0 Å². The molecule has 1 aromatic heterocycles. The van der Waals surface area contributed by atoms with Crippen LogP contribution in [-0.2, 0) is 6.42 Å². The summed E-state index contributed by atoms with van der Waals surface area (Å²) in [6, 6.07) is 7.60. The highest BCUT2D eigenvalue weighted by molar-refractivity contribution is 7.13. The molecule has 0 atom stereocenters. The first-order chi connectivity index (χ1) is 8.61. The van der Waals surface area contributed by atoms with Crippen molar-refractivity contribution in [3.05, 3.63) is 40.9 Å². The average molecular weight is 260 g/mol. The molecule has 0 saturated carbocycles. The number of nitrogens with zero attached hydrogens (tertiary/aromatic N) is 2. The summed E-state index contributed by atoms with van der Waals surface area (Å²) >= 11 is 1.64. The van der Waals surface area contributed by atoms with E-state index in [-0.39, 0.29) is 5.84 Å². The third kappa shape index (κ3) is 2.51. The van der Waals surface area contributed by atoms with Crippen LogP contribution in [0.1, 0.15) is 18.2 Å². The molecule has 0 radical (unpaired) electrons. The number of nitrogen functional groups attached to an aromatic ring is 1. The fourth-order valence-corrected chi connectivity index (χ4v) is 2.48. The molecule has 0 amide bonds. The van der Waals surface area contributed by atoms with E-state index in [4.69, 9.17) is 11.1 Å². The Morgan fingerprint density at radius 3 is 2.56 bits per heavy atom. The van der Waals surface area contributed by atoms with Crippen LogP contribution in [0.2, 0.25) is 0 Å². The normalized spacial score (nSPS) is 10.3. The minimum Gasteiger partial charge on any atom is -0.384 e. The summed E-state index contributed by atoms with van der Waals surface area (Å²) in [6.07, 6.45) is 0.952. The lowest BCUT2D eigenvalue weighted by molar-refractivity contribution is 1.04. The lowest BCUT2D eigenvalue weighted by atomic mass is 10.2. The Kier molecular flexibility index (Phi) is 3.62. The number of thiazole rings is 1. The molecule has 94 valence electrons. The Morgan fingerprint density at radius 1 is 1.39 bits per heavy atom. The molecule has 5 heteroatoms. The zero-order valence-electron chi connectivity index (χ0n) is 10.5. The van der Waals surface area contributed by atoms with Gasteiger partial charge in [-0.25, -0.2) is 4.98 Å². The molecule has 0 spiro atoms. The Hall–Kier alpha value is -1.88. The van der Waals surface area contributed by atoms with Gasteiger partial charge in [0, 0.05) is 23.7 Å². The van der Waals surface area contributed by atoms with E-state index in [2.05, 4.69) is 17.3 Å². The van der Waals surface area contributed by atoms with Gasteiger partial charge in [0.05, 0.1) is 5.69 Å². The summed E-state index contributed by atoms with van der Waals surface area (Å²) in [5.74, 6) is 0.0896. The second-order valence-electron chi connectivity index (χ2n) is 3.99. The van der Waals surface area contributed by atoms with Gasteiger partial charge in [-0.2, -0.15) is 0 Å². The van der Waals surface area contributed by atoms with Gasteiger partial charge >= 0.3 is 0 Å². The largest absolute Gasteiger partial charge is 0.384 e. The van der Waals surface area contributed by atoms with E-state index in [1.807, 2.05) is 36.2 Å². The Morgan fingerprint density at radius 2 is 2.06 bits per heavy atom. The number of rotatable bonds is 4. The molecule has 4 nitrogen and oxygen atoms in total. The number of nitrogens with two attached hydrogens (primary N) is 1. The Balaban J connectivity index is 2.22. The number of amidine groups is 1. The smallest absolute Gasteiger partial charge is 0.189 e. The van der Waals surface area contributed by atoms with Crippen LogP contribution in [0, 0.1) is 5.41 Å². The van der Waals surface area contributed by atoms with Gasteiger partial charge in [-0.3, -0.25) is 5.41 Å². The van der Waals surface area contributed by atoms with Crippen LogP contribution in [0.15, 0.2) is 29.6 Å². The molecule has 2 rings (SSSR count). The molecule has 0 unspecified atom stereocenters. The van der Waals surface area contributed by atoms with Gasteiger partial charge in [0.2, 0.25) is 0 Å². The fraction of sp³-hybridized carbons (Fsp3) is 0.231. The molecule has 0 aliphatic carbocycles. The van der Waals surface area contributed by atoms with Gasteiger partial charge in [-0.15, -0.1) is 11.3 Å². The van der Waals surface area contributed by atoms with E-state index >= 15 is 0 Å². The van der Waals surface area contributed by atoms with Crippen molar-refractivity contribution in [2.45, 2.75) is 13.3 Å². The summed E-state index contributed by atoms with van der Waals surface area (Å²) in [6.45, 7) is 2.10. The fourth-order valence-electron chi connectivity index (χ4n) is 1.59. The molecule has 0 aliphatic rings. The average Bonchev–Trinajstić information content (AvgIpc) is 2.86. The van der Waals surface area contributed by atoms with Crippen LogP contribution in [0.25, 0.3) is 0 Å². The van der Waals surface area contributed by atoms with Gasteiger partial charge < -0.3 is 10.6 Å². The third-order valence-electron chi connectivity index (χ3n) is 2.75. The number of aromatic nitrogens is 1. The first kappa shape index (κ1) is 12.6. The van der Waals surface area contributed by atoms with Crippen molar-refractivity contribution in [2.75, 3.05) is 11.9 Å².